The van der Waals surface area contributed by atoms with Crippen LogP contribution in [0.3, 0.4) is 0 Å². The SMILES string of the molecule is C[C@H](NS(=O)(=O)/C=C/c1ccccc1)C(=O)OCC(=O)Nc1ccc(C#N)cc1. The fraction of sp³-hybridized carbons (Fsp3) is 0.150. The molecule has 2 rings (SSSR count). The fourth-order valence-electron chi connectivity index (χ4n) is 2.15. The zero-order chi connectivity index (χ0) is 21.3. The molecule has 0 spiro atoms. The molecule has 0 heterocycles. The molecule has 9 heteroatoms. The largest absolute Gasteiger partial charge is 0.454 e. The predicted molar refractivity (Wildman–Crippen MR) is 108 cm³/mol. The first kappa shape index (κ1) is 21.8. The van der Waals surface area contributed by atoms with Crippen molar-refractivity contribution in [3.05, 3.63) is 71.1 Å². The first-order valence-electron chi connectivity index (χ1n) is 8.51. The van der Waals surface area contributed by atoms with Gasteiger partial charge in [-0.25, -0.2) is 8.42 Å². The molecule has 0 aliphatic carbocycles. The Bertz CT molecular complexity index is 1030. The van der Waals surface area contributed by atoms with Gasteiger partial charge in [0.1, 0.15) is 6.04 Å². The van der Waals surface area contributed by atoms with Crippen molar-refractivity contribution in [2.45, 2.75) is 13.0 Å². The molecule has 0 radical (unpaired) electrons. The number of sulfonamides is 1. The van der Waals surface area contributed by atoms with Gasteiger partial charge in [-0.3, -0.25) is 9.59 Å². The van der Waals surface area contributed by atoms with E-state index in [0.717, 1.165) is 5.41 Å². The number of nitrogens with one attached hydrogen (secondary N) is 2. The summed E-state index contributed by atoms with van der Waals surface area (Å²) in [5.41, 5.74) is 1.56. The molecule has 2 aromatic rings. The van der Waals surface area contributed by atoms with Crippen LogP contribution >= 0.6 is 0 Å². The monoisotopic (exact) mass is 413 g/mol. The summed E-state index contributed by atoms with van der Waals surface area (Å²) in [6, 6.07) is 15.7. The van der Waals surface area contributed by atoms with Crippen LogP contribution in [0, 0.1) is 11.3 Å². The Morgan fingerprint density at radius 2 is 1.79 bits per heavy atom. The van der Waals surface area contributed by atoms with Crippen LogP contribution in [0.4, 0.5) is 5.69 Å². The summed E-state index contributed by atoms with van der Waals surface area (Å²) < 4.78 is 31.1. The Balaban J connectivity index is 1.82. The van der Waals surface area contributed by atoms with Crippen LogP contribution in [0.2, 0.25) is 0 Å². The minimum atomic E-state index is -3.88. The molecule has 0 bridgehead atoms. The number of nitrogens with zero attached hydrogens (tertiary/aromatic N) is 1. The molecule has 0 aliphatic rings. The Morgan fingerprint density at radius 1 is 1.14 bits per heavy atom. The highest BCUT2D eigenvalue weighted by Gasteiger charge is 2.20. The van der Waals surface area contributed by atoms with E-state index in [4.69, 9.17) is 10.00 Å². The van der Waals surface area contributed by atoms with Crippen LogP contribution in [0.15, 0.2) is 60.0 Å². The van der Waals surface area contributed by atoms with Crippen LogP contribution < -0.4 is 10.0 Å². The van der Waals surface area contributed by atoms with Crippen molar-refractivity contribution in [1.29, 1.82) is 5.26 Å². The van der Waals surface area contributed by atoms with Crippen molar-refractivity contribution in [3.63, 3.8) is 0 Å². The number of benzene rings is 2. The molecule has 0 saturated heterocycles. The zero-order valence-corrected chi connectivity index (χ0v) is 16.3. The fourth-order valence-corrected chi connectivity index (χ4v) is 3.16. The second-order valence-corrected chi connectivity index (χ2v) is 7.54. The average Bonchev–Trinajstić information content (AvgIpc) is 2.71. The van der Waals surface area contributed by atoms with Gasteiger partial charge in [0.15, 0.2) is 6.61 Å². The normalized spacial score (nSPS) is 12.1. The van der Waals surface area contributed by atoms with Gasteiger partial charge >= 0.3 is 5.97 Å². The van der Waals surface area contributed by atoms with Crippen LogP contribution in [0.5, 0.6) is 0 Å². The lowest BCUT2D eigenvalue weighted by molar-refractivity contribution is -0.148. The van der Waals surface area contributed by atoms with Crippen molar-refractivity contribution in [2.24, 2.45) is 0 Å². The van der Waals surface area contributed by atoms with Gasteiger partial charge in [0.2, 0.25) is 10.0 Å². The third-order valence-corrected chi connectivity index (χ3v) is 4.75. The minimum Gasteiger partial charge on any atom is -0.454 e. The Hall–Kier alpha value is -3.48. The van der Waals surface area contributed by atoms with E-state index in [9.17, 15) is 18.0 Å². The number of hydrogen-bond donors (Lipinski definition) is 2. The minimum absolute atomic E-state index is 0.435. The maximum Gasteiger partial charge on any atom is 0.324 e. The molecule has 150 valence electrons. The molecule has 0 aromatic heterocycles. The van der Waals surface area contributed by atoms with Gasteiger partial charge in [0.05, 0.1) is 11.6 Å². The van der Waals surface area contributed by atoms with Crippen LogP contribution in [0.25, 0.3) is 6.08 Å². The molecule has 0 fully saturated rings. The summed E-state index contributed by atoms with van der Waals surface area (Å²) in [5.74, 6) is -1.49. The standard InChI is InChI=1S/C20H19N3O5S/c1-15(23-29(26,27)12-11-16-5-3-2-4-6-16)20(25)28-14-19(24)22-18-9-7-17(13-21)8-10-18/h2-12,15,23H,14H2,1H3,(H,22,24)/b12-11+/t15-/m0/s1. The summed E-state index contributed by atoms with van der Waals surface area (Å²) in [6.45, 7) is 0.736. The first-order chi connectivity index (χ1) is 13.8. The van der Waals surface area contributed by atoms with E-state index in [1.165, 1.54) is 37.3 Å². The van der Waals surface area contributed by atoms with Crippen molar-refractivity contribution >= 4 is 33.7 Å². The highest BCUT2D eigenvalue weighted by atomic mass is 32.2. The quantitative estimate of drug-likeness (QED) is 0.638. The third-order valence-electron chi connectivity index (χ3n) is 3.58. The van der Waals surface area contributed by atoms with E-state index in [-0.39, 0.29) is 0 Å². The maximum atomic E-state index is 12.0. The summed E-state index contributed by atoms with van der Waals surface area (Å²) in [6.07, 6.45) is 1.39. The Labute approximate surface area is 168 Å². The number of carbonyl (C=O) groups excluding carboxylic acids is 2. The van der Waals surface area contributed by atoms with Crippen molar-refractivity contribution in [3.8, 4) is 6.07 Å². The van der Waals surface area contributed by atoms with Gasteiger partial charge in [0.25, 0.3) is 5.91 Å². The third kappa shape index (κ3) is 7.57. The van der Waals surface area contributed by atoms with Crippen LogP contribution in [-0.2, 0) is 24.3 Å². The number of carbonyl (C=O) groups is 2. The topological polar surface area (TPSA) is 125 Å². The summed E-state index contributed by atoms with van der Waals surface area (Å²) in [4.78, 5) is 23.8. The molecule has 0 saturated carbocycles. The molecule has 29 heavy (non-hydrogen) atoms. The van der Waals surface area contributed by atoms with Crippen molar-refractivity contribution in [2.75, 3.05) is 11.9 Å². The Morgan fingerprint density at radius 3 is 2.41 bits per heavy atom. The van der Waals surface area contributed by atoms with E-state index in [1.54, 1.807) is 30.3 Å². The molecule has 2 aromatic carbocycles. The van der Waals surface area contributed by atoms with Gasteiger partial charge in [-0.15, -0.1) is 0 Å². The number of anilines is 1. The lowest BCUT2D eigenvalue weighted by Crippen LogP contribution is -2.39. The van der Waals surface area contributed by atoms with Gasteiger partial charge in [0, 0.05) is 11.1 Å². The highest BCUT2D eigenvalue weighted by molar-refractivity contribution is 7.92. The molecule has 0 aliphatic heterocycles. The van der Waals surface area contributed by atoms with E-state index < -0.39 is 34.5 Å². The first-order valence-corrected chi connectivity index (χ1v) is 10.1. The lowest BCUT2D eigenvalue weighted by Gasteiger charge is -2.12. The summed E-state index contributed by atoms with van der Waals surface area (Å²) >= 11 is 0. The van der Waals surface area contributed by atoms with Crippen LogP contribution in [-0.4, -0.2) is 32.9 Å². The van der Waals surface area contributed by atoms with E-state index >= 15 is 0 Å². The van der Waals surface area contributed by atoms with Gasteiger partial charge < -0.3 is 10.1 Å². The number of nitriles is 1. The van der Waals surface area contributed by atoms with Gasteiger partial charge in [-0.2, -0.15) is 9.98 Å². The van der Waals surface area contributed by atoms with E-state index in [2.05, 4.69) is 10.0 Å². The van der Waals surface area contributed by atoms with Gasteiger partial charge in [-0.05, 0) is 42.8 Å². The molecular weight excluding hydrogens is 394 g/mol. The van der Waals surface area contributed by atoms with E-state index in [0.29, 0.717) is 16.8 Å². The lowest BCUT2D eigenvalue weighted by atomic mass is 10.2. The van der Waals surface area contributed by atoms with Gasteiger partial charge in [-0.1, -0.05) is 30.3 Å². The predicted octanol–water partition coefficient (Wildman–Crippen LogP) is 2.02. The Kier molecular flexibility index (Phi) is 7.65. The maximum absolute atomic E-state index is 12.0. The number of amides is 1. The van der Waals surface area contributed by atoms with E-state index in [1.807, 2.05) is 6.07 Å². The zero-order valence-electron chi connectivity index (χ0n) is 15.5. The van der Waals surface area contributed by atoms with Crippen molar-refractivity contribution < 1.29 is 22.7 Å². The number of ether oxygens (including phenoxy) is 1. The molecule has 1 amide bonds. The highest BCUT2D eigenvalue weighted by Crippen LogP contribution is 2.08. The smallest absolute Gasteiger partial charge is 0.324 e. The number of esters is 1. The summed E-state index contributed by atoms with van der Waals surface area (Å²) in [5, 5.41) is 12.2. The molecular formula is C20H19N3O5S. The second-order valence-electron chi connectivity index (χ2n) is 5.94. The molecule has 1 atom stereocenters. The van der Waals surface area contributed by atoms with Crippen LogP contribution in [0.1, 0.15) is 18.1 Å². The molecule has 2 N–H and O–H groups in total. The number of hydrogen-bond acceptors (Lipinski definition) is 6. The number of rotatable bonds is 8. The average molecular weight is 413 g/mol. The summed E-state index contributed by atoms with van der Waals surface area (Å²) in [7, 11) is -3.88. The molecule has 0 unspecified atom stereocenters. The van der Waals surface area contributed by atoms with Crippen molar-refractivity contribution in [1.82, 2.24) is 4.72 Å². The second kappa shape index (κ2) is 10.2. The molecule has 8 nitrogen and oxygen atoms in total.